The van der Waals surface area contributed by atoms with Gasteiger partial charge >= 0.3 is 0 Å². The van der Waals surface area contributed by atoms with Gasteiger partial charge in [-0.3, -0.25) is 0 Å². The van der Waals surface area contributed by atoms with Gasteiger partial charge in [0.25, 0.3) is 0 Å². The van der Waals surface area contributed by atoms with Crippen LogP contribution in [0, 0.1) is 0 Å². The largest absolute Gasteiger partial charge is 0.385 e. The average molecular weight is 927 g/mol. The highest BCUT2D eigenvalue weighted by molar-refractivity contribution is 5.18. The third kappa shape index (κ3) is 14.7. The summed E-state index contributed by atoms with van der Waals surface area (Å²) < 4.78 is 64.1. The first-order chi connectivity index (χ1) is 33.6. The molecule has 12 nitrogen and oxygen atoms in total. The van der Waals surface area contributed by atoms with Crippen LogP contribution in [0.5, 0.6) is 0 Å². The molecule has 358 valence electrons. The van der Waals surface area contributed by atoms with Gasteiger partial charge in [0.15, 0.2) is 12.6 Å². The normalized spacial score (nSPS) is 25.0. The van der Waals surface area contributed by atoms with Crippen molar-refractivity contribution in [1.82, 2.24) is 0 Å². The van der Waals surface area contributed by atoms with E-state index in [1.54, 1.807) is 0 Å². The van der Waals surface area contributed by atoms with E-state index in [9.17, 15) is 10.2 Å². The fraction of sp³-hybridized carbons (Fsp3) is 0.357. The van der Waals surface area contributed by atoms with Crippen molar-refractivity contribution in [2.45, 2.75) is 101 Å². The molecule has 2 saturated heterocycles. The van der Waals surface area contributed by atoms with Crippen LogP contribution in [0.2, 0.25) is 0 Å². The van der Waals surface area contributed by atoms with Crippen LogP contribution in [-0.2, 0) is 87.0 Å². The van der Waals surface area contributed by atoms with E-state index in [1.165, 1.54) is 0 Å². The lowest BCUT2D eigenvalue weighted by Crippen LogP contribution is -2.61. The molecule has 0 aliphatic carbocycles. The predicted octanol–water partition coefficient (Wildman–Crippen LogP) is 7.97. The molecule has 10 atom stereocenters. The second kappa shape index (κ2) is 26.6. The summed E-state index contributed by atoms with van der Waals surface area (Å²) in [4.78, 5) is 0. The predicted molar refractivity (Wildman–Crippen MR) is 254 cm³/mol. The van der Waals surface area contributed by atoms with Crippen LogP contribution in [0.15, 0.2) is 182 Å². The quantitative estimate of drug-likeness (QED) is 0.0540. The molecule has 2 heterocycles. The van der Waals surface area contributed by atoms with Crippen LogP contribution in [0.1, 0.15) is 33.4 Å². The molecule has 0 amide bonds. The van der Waals surface area contributed by atoms with E-state index >= 15 is 0 Å². The van der Waals surface area contributed by atoms with E-state index in [4.69, 9.17) is 47.4 Å². The minimum atomic E-state index is -1.26. The maximum Gasteiger partial charge on any atom is 0.186 e. The Bertz CT molecular complexity index is 2100. The standard InChI is InChI=1S/C56H62O12/c57-49-53(65-37-45-27-15-5-16-28-45)51(63-35-43-23-11-3-12-24-43)47(39-59-33-41-19-7-1-8-20-41)67-55(49)61-31-32-62-56-50(58)54(66-38-46-29-17-6-18-30-46)52(64-36-44-25-13-4-14-26-44)48(68-56)40-60-34-42-21-9-2-10-22-42/h1-30,47-58H,31-40H2/t47-,48-,49-,50-,51-,52-,53-,54-,55-,56-/m1/s1. The van der Waals surface area contributed by atoms with Crippen molar-refractivity contribution >= 4 is 0 Å². The Hall–Kier alpha value is -5.16. The Morgan fingerprint density at radius 1 is 0.309 bits per heavy atom. The lowest BCUT2D eigenvalue weighted by molar-refractivity contribution is -0.332. The minimum absolute atomic E-state index is 0.0362. The highest BCUT2D eigenvalue weighted by Gasteiger charge is 2.49. The lowest BCUT2D eigenvalue weighted by Gasteiger charge is -2.45. The van der Waals surface area contributed by atoms with Crippen LogP contribution in [0.4, 0.5) is 0 Å². The first-order valence-electron chi connectivity index (χ1n) is 23.3. The molecule has 12 heteroatoms. The molecule has 0 saturated carbocycles. The van der Waals surface area contributed by atoms with Crippen molar-refractivity contribution in [3.8, 4) is 0 Å². The molecule has 0 radical (unpaired) electrons. The Labute approximate surface area is 399 Å². The average Bonchev–Trinajstić information content (AvgIpc) is 3.39. The number of aliphatic hydroxyl groups excluding tert-OH is 2. The van der Waals surface area contributed by atoms with Gasteiger partial charge in [-0.15, -0.1) is 0 Å². The Kier molecular flexibility index (Phi) is 19.2. The number of rotatable bonds is 25. The van der Waals surface area contributed by atoms with E-state index in [2.05, 4.69) is 0 Å². The van der Waals surface area contributed by atoms with E-state index in [-0.39, 0.29) is 52.9 Å². The topological polar surface area (TPSA) is 133 Å². The summed E-state index contributed by atoms with van der Waals surface area (Å²) in [7, 11) is 0. The second-order valence-electron chi connectivity index (χ2n) is 16.9. The monoisotopic (exact) mass is 926 g/mol. The summed E-state index contributed by atoms with van der Waals surface area (Å²) in [5.74, 6) is 0. The van der Waals surface area contributed by atoms with Crippen LogP contribution in [0.25, 0.3) is 0 Å². The summed E-state index contributed by atoms with van der Waals surface area (Å²) in [6, 6.07) is 58.9. The van der Waals surface area contributed by atoms with E-state index in [0.29, 0.717) is 13.2 Å². The summed E-state index contributed by atoms with van der Waals surface area (Å²) in [5, 5.41) is 24.0. The molecule has 0 unspecified atom stereocenters. The Morgan fingerprint density at radius 2 is 0.559 bits per heavy atom. The van der Waals surface area contributed by atoms with Crippen LogP contribution < -0.4 is 0 Å². The van der Waals surface area contributed by atoms with Gasteiger partial charge in [0.2, 0.25) is 0 Å². The zero-order valence-electron chi connectivity index (χ0n) is 38.1. The summed E-state index contributed by atoms with van der Waals surface area (Å²) in [6.07, 6.45) is -9.35. The van der Waals surface area contributed by atoms with Crippen LogP contribution in [-0.4, -0.2) is 98.1 Å². The fourth-order valence-electron chi connectivity index (χ4n) is 8.25. The summed E-state index contributed by atoms with van der Waals surface area (Å²) in [6.45, 7) is 1.86. The molecule has 0 spiro atoms. The van der Waals surface area contributed by atoms with Gasteiger partial charge in [-0.05, 0) is 33.4 Å². The van der Waals surface area contributed by atoms with Gasteiger partial charge in [-0.25, -0.2) is 0 Å². The maximum atomic E-state index is 12.0. The smallest absolute Gasteiger partial charge is 0.186 e. The zero-order valence-corrected chi connectivity index (χ0v) is 38.1. The number of hydrogen-bond acceptors (Lipinski definition) is 12. The van der Waals surface area contributed by atoms with Gasteiger partial charge in [0.1, 0.15) is 48.8 Å². The van der Waals surface area contributed by atoms with Crippen molar-refractivity contribution in [2.24, 2.45) is 0 Å². The van der Waals surface area contributed by atoms with Crippen molar-refractivity contribution in [1.29, 1.82) is 0 Å². The highest BCUT2D eigenvalue weighted by Crippen LogP contribution is 2.31. The molecular weight excluding hydrogens is 865 g/mol. The molecule has 2 fully saturated rings. The minimum Gasteiger partial charge on any atom is -0.385 e. The van der Waals surface area contributed by atoms with Gasteiger partial charge in [-0.1, -0.05) is 182 Å². The van der Waals surface area contributed by atoms with Crippen molar-refractivity contribution in [2.75, 3.05) is 26.4 Å². The SMILES string of the molecule is O[C@H]1[C@H](OCCO[C@@H]2O[C@H](COCc3ccccc3)[C@@H](OCc3ccccc3)[C@H](OCc3ccccc3)[C@H]2O)O[C@H](COCc2ccccc2)[C@@H](OCc2ccccc2)[C@@H]1OCc1ccccc1. The molecule has 2 N–H and O–H groups in total. The van der Waals surface area contributed by atoms with Crippen molar-refractivity contribution in [3.05, 3.63) is 215 Å². The van der Waals surface area contributed by atoms with Crippen LogP contribution >= 0.6 is 0 Å². The molecule has 6 aromatic rings. The summed E-state index contributed by atoms with van der Waals surface area (Å²) >= 11 is 0. The summed E-state index contributed by atoms with van der Waals surface area (Å²) in [5.41, 5.74) is 5.80. The van der Waals surface area contributed by atoms with Crippen molar-refractivity contribution in [3.63, 3.8) is 0 Å². The number of benzene rings is 6. The van der Waals surface area contributed by atoms with Gasteiger partial charge in [0, 0.05) is 0 Å². The lowest BCUT2D eigenvalue weighted by atomic mass is 9.98. The molecule has 68 heavy (non-hydrogen) atoms. The third-order valence-corrected chi connectivity index (χ3v) is 11.8. The Balaban J connectivity index is 0.964. The van der Waals surface area contributed by atoms with E-state index < -0.39 is 61.4 Å². The number of ether oxygens (including phenoxy) is 10. The van der Waals surface area contributed by atoms with Gasteiger partial charge in [-0.2, -0.15) is 0 Å². The first-order valence-corrected chi connectivity index (χ1v) is 23.3. The zero-order chi connectivity index (χ0) is 46.6. The highest BCUT2D eigenvalue weighted by atomic mass is 16.7. The first kappa shape index (κ1) is 49.3. The van der Waals surface area contributed by atoms with Crippen LogP contribution in [0.3, 0.4) is 0 Å². The van der Waals surface area contributed by atoms with Gasteiger partial charge in [0.05, 0.1) is 66.1 Å². The Morgan fingerprint density at radius 3 is 0.838 bits per heavy atom. The van der Waals surface area contributed by atoms with E-state index in [0.717, 1.165) is 33.4 Å². The molecule has 8 rings (SSSR count). The fourth-order valence-corrected chi connectivity index (χ4v) is 8.25. The van der Waals surface area contributed by atoms with Crippen molar-refractivity contribution < 1.29 is 57.6 Å². The third-order valence-electron chi connectivity index (χ3n) is 11.8. The molecule has 0 bridgehead atoms. The molecule has 2 aliphatic rings. The molecule has 2 aliphatic heterocycles. The number of aliphatic hydroxyl groups is 2. The molecular formula is C56H62O12. The second-order valence-corrected chi connectivity index (χ2v) is 16.9. The number of hydrogen-bond donors (Lipinski definition) is 2. The maximum absolute atomic E-state index is 12.0. The molecule has 6 aromatic carbocycles. The van der Waals surface area contributed by atoms with Gasteiger partial charge < -0.3 is 57.6 Å². The van der Waals surface area contributed by atoms with E-state index in [1.807, 2.05) is 182 Å². The molecule has 0 aromatic heterocycles.